The molecule has 0 spiro atoms. The summed E-state index contributed by atoms with van der Waals surface area (Å²) >= 11 is 12.1. The third kappa shape index (κ3) is 2.51. The van der Waals surface area contributed by atoms with Gasteiger partial charge in [0, 0.05) is 11.6 Å². The van der Waals surface area contributed by atoms with E-state index in [2.05, 4.69) is 0 Å². The van der Waals surface area contributed by atoms with E-state index in [0.717, 1.165) is 5.56 Å². The van der Waals surface area contributed by atoms with Crippen LogP contribution in [0.25, 0.3) is 11.1 Å². The van der Waals surface area contributed by atoms with Crippen molar-refractivity contribution < 1.29 is 4.39 Å². The van der Waals surface area contributed by atoms with Gasteiger partial charge in [0.1, 0.15) is 5.82 Å². The van der Waals surface area contributed by atoms with Crippen molar-refractivity contribution >= 4 is 23.2 Å². The van der Waals surface area contributed by atoms with Gasteiger partial charge in [-0.05, 0) is 36.2 Å². The topological polar surface area (TPSA) is 26.0 Å². The van der Waals surface area contributed by atoms with E-state index in [9.17, 15) is 4.39 Å². The normalized spacial score (nSPS) is 12.5. The first kappa shape index (κ1) is 13.3. The van der Waals surface area contributed by atoms with Gasteiger partial charge in [0.05, 0.1) is 10.0 Å². The van der Waals surface area contributed by atoms with Gasteiger partial charge in [-0.1, -0.05) is 41.4 Å². The maximum absolute atomic E-state index is 13.4. The molecule has 2 aromatic carbocycles. The molecule has 1 nitrogen and oxygen atoms in total. The highest BCUT2D eigenvalue weighted by Gasteiger charge is 2.14. The highest BCUT2D eigenvalue weighted by molar-refractivity contribution is 6.43. The van der Waals surface area contributed by atoms with Gasteiger partial charge in [-0.15, -0.1) is 0 Å². The Morgan fingerprint density at radius 3 is 2.50 bits per heavy atom. The lowest BCUT2D eigenvalue weighted by Gasteiger charge is -2.14. The highest BCUT2D eigenvalue weighted by atomic mass is 35.5. The highest BCUT2D eigenvalue weighted by Crippen LogP contribution is 2.36. The molecule has 0 saturated carbocycles. The second-order valence-corrected chi connectivity index (χ2v) is 4.91. The van der Waals surface area contributed by atoms with Crippen molar-refractivity contribution in [1.82, 2.24) is 0 Å². The zero-order chi connectivity index (χ0) is 13.3. The van der Waals surface area contributed by atoms with Crippen molar-refractivity contribution in [2.45, 2.75) is 13.0 Å². The first-order valence-electron chi connectivity index (χ1n) is 5.50. The predicted molar refractivity (Wildman–Crippen MR) is 74.5 cm³/mol. The molecule has 0 aromatic heterocycles. The van der Waals surface area contributed by atoms with Crippen molar-refractivity contribution in [1.29, 1.82) is 0 Å². The van der Waals surface area contributed by atoms with Gasteiger partial charge in [0.15, 0.2) is 0 Å². The summed E-state index contributed by atoms with van der Waals surface area (Å²) in [5.41, 5.74) is 8.09. The molecule has 2 aromatic rings. The fraction of sp³-hybridized carbons (Fsp3) is 0.143. The lowest BCUT2D eigenvalue weighted by atomic mass is 9.96. The van der Waals surface area contributed by atoms with Gasteiger partial charge >= 0.3 is 0 Å². The minimum atomic E-state index is -0.328. The quantitative estimate of drug-likeness (QED) is 0.840. The third-order valence-corrected chi connectivity index (χ3v) is 3.57. The summed E-state index contributed by atoms with van der Waals surface area (Å²) in [6.07, 6.45) is 0. The Kier molecular flexibility index (Phi) is 3.91. The van der Waals surface area contributed by atoms with E-state index in [1.165, 1.54) is 12.1 Å². The zero-order valence-electron chi connectivity index (χ0n) is 9.75. The third-order valence-electron chi connectivity index (χ3n) is 2.75. The average Bonchev–Trinajstić information content (AvgIpc) is 2.32. The molecule has 1 unspecified atom stereocenters. The summed E-state index contributed by atoms with van der Waals surface area (Å²) in [5.74, 6) is -0.328. The number of benzene rings is 2. The summed E-state index contributed by atoms with van der Waals surface area (Å²) in [4.78, 5) is 0. The van der Waals surface area contributed by atoms with Gasteiger partial charge in [-0.3, -0.25) is 0 Å². The molecule has 0 fully saturated rings. The predicted octanol–water partition coefficient (Wildman–Crippen LogP) is 4.82. The van der Waals surface area contributed by atoms with E-state index in [1.807, 2.05) is 6.92 Å². The van der Waals surface area contributed by atoms with Gasteiger partial charge in [-0.2, -0.15) is 0 Å². The minimum absolute atomic E-state index is 0.212. The lowest BCUT2D eigenvalue weighted by Crippen LogP contribution is -2.07. The second kappa shape index (κ2) is 5.27. The summed E-state index contributed by atoms with van der Waals surface area (Å²) in [6, 6.07) is 9.55. The van der Waals surface area contributed by atoms with Crippen LogP contribution in [-0.2, 0) is 0 Å². The summed E-state index contributed by atoms with van der Waals surface area (Å²) < 4.78 is 13.4. The van der Waals surface area contributed by atoms with E-state index < -0.39 is 0 Å². The van der Waals surface area contributed by atoms with Crippen LogP contribution in [0, 0.1) is 5.82 Å². The van der Waals surface area contributed by atoms with Crippen molar-refractivity contribution in [3.05, 3.63) is 57.8 Å². The maximum Gasteiger partial charge on any atom is 0.123 e. The second-order valence-electron chi connectivity index (χ2n) is 4.12. The van der Waals surface area contributed by atoms with Crippen molar-refractivity contribution in [3.63, 3.8) is 0 Å². The molecule has 18 heavy (non-hydrogen) atoms. The molecule has 0 aliphatic carbocycles. The molecule has 0 heterocycles. The van der Waals surface area contributed by atoms with E-state index in [1.54, 1.807) is 24.3 Å². The van der Waals surface area contributed by atoms with Crippen LogP contribution in [0.1, 0.15) is 18.5 Å². The fourth-order valence-corrected chi connectivity index (χ4v) is 2.27. The first-order chi connectivity index (χ1) is 8.50. The fourth-order valence-electron chi connectivity index (χ4n) is 1.87. The van der Waals surface area contributed by atoms with Crippen LogP contribution in [0.15, 0.2) is 36.4 Å². The van der Waals surface area contributed by atoms with Gasteiger partial charge < -0.3 is 5.73 Å². The number of rotatable bonds is 2. The monoisotopic (exact) mass is 283 g/mol. The number of halogens is 3. The molecule has 2 N–H and O–H groups in total. The van der Waals surface area contributed by atoms with E-state index in [4.69, 9.17) is 28.9 Å². The largest absolute Gasteiger partial charge is 0.324 e. The lowest BCUT2D eigenvalue weighted by molar-refractivity contribution is 0.626. The summed E-state index contributed by atoms with van der Waals surface area (Å²) in [5, 5.41) is 0.848. The van der Waals surface area contributed by atoms with Crippen LogP contribution >= 0.6 is 23.2 Å². The Bertz CT molecular complexity index is 582. The van der Waals surface area contributed by atoms with Crippen LogP contribution in [0.5, 0.6) is 0 Å². The van der Waals surface area contributed by atoms with Crippen LogP contribution < -0.4 is 5.73 Å². The average molecular weight is 284 g/mol. The van der Waals surface area contributed by atoms with Crippen molar-refractivity contribution in [2.75, 3.05) is 0 Å². The molecule has 0 radical (unpaired) electrons. The smallest absolute Gasteiger partial charge is 0.123 e. The molecular weight excluding hydrogens is 272 g/mol. The summed E-state index contributed by atoms with van der Waals surface area (Å²) in [7, 11) is 0. The van der Waals surface area contributed by atoms with Crippen LogP contribution in [-0.4, -0.2) is 0 Å². The molecule has 4 heteroatoms. The maximum atomic E-state index is 13.4. The number of hydrogen-bond acceptors (Lipinski definition) is 1. The molecule has 0 amide bonds. The van der Waals surface area contributed by atoms with Crippen LogP contribution in [0.4, 0.5) is 4.39 Å². The molecule has 94 valence electrons. The molecule has 0 saturated heterocycles. The van der Waals surface area contributed by atoms with Crippen LogP contribution in [0.2, 0.25) is 10.0 Å². The molecule has 0 aliphatic rings. The van der Waals surface area contributed by atoms with Crippen molar-refractivity contribution in [2.24, 2.45) is 5.73 Å². The first-order valence-corrected chi connectivity index (χ1v) is 6.25. The molecule has 0 aliphatic heterocycles. The Hall–Kier alpha value is -1.09. The molecular formula is C14H12Cl2FN. The molecule has 2 rings (SSSR count). The minimum Gasteiger partial charge on any atom is -0.324 e. The van der Waals surface area contributed by atoms with E-state index in [-0.39, 0.29) is 11.9 Å². The molecule has 0 bridgehead atoms. The van der Waals surface area contributed by atoms with Gasteiger partial charge in [0.2, 0.25) is 0 Å². The standard InChI is InChI=1S/C14H12Cl2FN/c1-8(18)10-6-5-9(17)7-12(10)11-3-2-4-13(15)14(11)16/h2-8H,18H2,1H3. The van der Waals surface area contributed by atoms with Gasteiger partial charge in [-0.25, -0.2) is 4.39 Å². The van der Waals surface area contributed by atoms with Gasteiger partial charge in [0.25, 0.3) is 0 Å². The molecule has 1 atom stereocenters. The Morgan fingerprint density at radius 1 is 1.11 bits per heavy atom. The van der Waals surface area contributed by atoms with E-state index in [0.29, 0.717) is 21.2 Å². The van der Waals surface area contributed by atoms with Crippen LogP contribution in [0.3, 0.4) is 0 Å². The number of hydrogen-bond donors (Lipinski definition) is 1. The van der Waals surface area contributed by atoms with Crippen molar-refractivity contribution in [3.8, 4) is 11.1 Å². The number of nitrogens with two attached hydrogens (primary N) is 1. The SMILES string of the molecule is CC(N)c1ccc(F)cc1-c1cccc(Cl)c1Cl. The Labute approximate surface area is 115 Å². The Balaban J connectivity index is 2.69. The van der Waals surface area contributed by atoms with E-state index >= 15 is 0 Å². The Morgan fingerprint density at radius 2 is 1.83 bits per heavy atom. The summed E-state index contributed by atoms with van der Waals surface area (Å²) in [6.45, 7) is 1.84. The zero-order valence-corrected chi connectivity index (χ0v) is 11.3.